The van der Waals surface area contributed by atoms with Crippen molar-refractivity contribution in [3.05, 3.63) is 0 Å². The summed E-state index contributed by atoms with van der Waals surface area (Å²) in [6.07, 6.45) is 0.453. The normalized spacial score (nSPS) is 12.5. The minimum absolute atomic E-state index is 0.226. The third-order valence-corrected chi connectivity index (χ3v) is 7.88. The first kappa shape index (κ1) is 33.1. The van der Waals surface area contributed by atoms with Gasteiger partial charge in [0.2, 0.25) is 0 Å². The van der Waals surface area contributed by atoms with E-state index in [1.807, 2.05) is 0 Å². The van der Waals surface area contributed by atoms with Crippen LogP contribution < -0.4 is 0 Å². The van der Waals surface area contributed by atoms with E-state index in [1.54, 1.807) is 27.7 Å². The molecule has 0 amide bonds. The highest BCUT2D eigenvalue weighted by Gasteiger charge is 2.23. The molecule has 0 aromatic rings. The van der Waals surface area contributed by atoms with Crippen molar-refractivity contribution in [3.63, 3.8) is 0 Å². The van der Waals surface area contributed by atoms with Crippen LogP contribution in [-0.2, 0) is 50.9 Å². The van der Waals surface area contributed by atoms with Gasteiger partial charge in [-0.05, 0) is 27.7 Å². The number of rotatable bonds is 26. The molecule has 33 heavy (non-hydrogen) atoms. The summed E-state index contributed by atoms with van der Waals surface area (Å²) in [5.41, 5.74) is 0. The van der Waals surface area contributed by atoms with Crippen LogP contribution in [0.4, 0.5) is 0 Å². The molecule has 0 atom stereocenters. The van der Waals surface area contributed by atoms with Gasteiger partial charge in [-0.3, -0.25) is 9.13 Å². The predicted octanol–water partition coefficient (Wildman–Crippen LogP) is 3.60. The Bertz CT molecular complexity index is 458. The first-order chi connectivity index (χ1) is 15.9. The highest BCUT2D eigenvalue weighted by atomic mass is 31.2. The largest absolute Gasteiger partial charge is 0.378 e. The minimum atomic E-state index is -3.05. The summed E-state index contributed by atoms with van der Waals surface area (Å²) >= 11 is 0. The fraction of sp³-hybridized carbons (Fsp3) is 1.00. The Morgan fingerprint density at radius 3 is 0.818 bits per heavy atom. The van der Waals surface area contributed by atoms with Gasteiger partial charge in [-0.25, -0.2) is 0 Å². The van der Waals surface area contributed by atoms with Crippen molar-refractivity contribution < 1.29 is 50.9 Å². The molecule has 0 unspecified atom stereocenters. The lowest BCUT2D eigenvalue weighted by molar-refractivity contribution is -0.00951. The molecule has 0 radical (unpaired) electrons. The molecule has 0 N–H and O–H groups in total. The summed E-state index contributed by atoms with van der Waals surface area (Å²) in [7, 11) is -6.09. The van der Waals surface area contributed by atoms with E-state index in [2.05, 4.69) is 0 Å². The second-order valence-corrected chi connectivity index (χ2v) is 10.8. The fourth-order valence-electron chi connectivity index (χ4n) is 2.45. The maximum absolute atomic E-state index is 12.2. The summed E-state index contributed by atoms with van der Waals surface area (Å²) in [6.45, 7) is 12.5. The molecule has 11 nitrogen and oxygen atoms in total. The lowest BCUT2D eigenvalue weighted by atomic mass is 10.7. The second kappa shape index (κ2) is 22.6. The highest BCUT2D eigenvalue weighted by Crippen LogP contribution is 2.48. The van der Waals surface area contributed by atoms with Gasteiger partial charge in [0.25, 0.3) is 0 Å². The molecule has 0 aliphatic rings. The summed E-state index contributed by atoms with van der Waals surface area (Å²) in [5, 5.41) is 0. The molecule has 200 valence electrons. The highest BCUT2D eigenvalue weighted by molar-refractivity contribution is 7.54. The van der Waals surface area contributed by atoms with Gasteiger partial charge in [-0.1, -0.05) is 0 Å². The number of hydrogen-bond acceptors (Lipinski definition) is 11. The van der Waals surface area contributed by atoms with Crippen molar-refractivity contribution >= 4 is 15.2 Å². The van der Waals surface area contributed by atoms with Crippen LogP contribution in [0.2, 0.25) is 0 Å². The van der Waals surface area contributed by atoms with Gasteiger partial charge >= 0.3 is 15.2 Å². The van der Waals surface area contributed by atoms with Crippen molar-refractivity contribution in [1.82, 2.24) is 0 Å². The molecule has 13 heteroatoms. The zero-order chi connectivity index (χ0) is 24.7. The van der Waals surface area contributed by atoms with Gasteiger partial charge in [-0.15, -0.1) is 0 Å². The molecule has 0 saturated heterocycles. The van der Waals surface area contributed by atoms with Crippen LogP contribution in [0.3, 0.4) is 0 Å². The van der Waals surface area contributed by atoms with Gasteiger partial charge in [0, 0.05) is 0 Å². The number of ether oxygens (including phenoxy) is 5. The molecule has 0 bridgehead atoms. The molecule has 0 aromatic heterocycles. The van der Waals surface area contributed by atoms with Gasteiger partial charge in [0.1, 0.15) is 0 Å². The third-order valence-electron chi connectivity index (χ3n) is 3.81. The van der Waals surface area contributed by atoms with E-state index >= 15 is 0 Å². The Kier molecular flexibility index (Phi) is 22.6. The van der Waals surface area contributed by atoms with Crippen LogP contribution in [-0.4, -0.2) is 105 Å². The van der Waals surface area contributed by atoms with Crippen LogP contribution >= 0.6 is 15.2 Å². The topological polar surface area (TPSA) is 117 Å². The molecule has 0 spiro atoms. The molecule has 0 saturated carbocycles. The van der Waals surface area contributed by atoms with Crippen LogP contribution in [0.5, 0.6) is 0 Å². The van der Waals surface area contributed by atoms with Crippen LogP contribution in [0, 0.1) is 0 Å². The zero-order valence-electron chi connectivity index (χ0n) is 20.7. The predicted molar refractivity (Wildman–Crippen MR) is 126 cm³/mol. The zero-order valence-corrected chi connectivity index (χ0v) is 22.5. The summed E-state index contributed by atoms with van der Waals surface area (Å²) < 4.78 is 72.3. The molecule has 0 aliphatic heterocycles. The van der Waals surface area contributed by atoms with Gasteiger partial charge < -0.3 is 41.8 Å². The molecule has 0 aliphatic carbocycles. The first-order valence-electron chi connectivity index (χ1n) is 11.6. The molecule has 0 fully saturated rings. The summed E-state index contributed by atoms with van der Waals surface area (Å²) in [6, 6.07) is 0. The standard InChI is InChI=1S/C20H44O11P2/c1-5-28-32(21,29-6-2)19-17-26-15-13-24-11-9-23-10-12-25-14-16-27-18-20-33(22,30-7-3)31-8-4/h5-20H2,1-4H3. The second-order valence-electron chi connectivity index (χ2n) is 6.40. The Morgan fingerprint density at radius 2 is 0.606 bits per heavy atom. The number of hydrogen-bond donors (Lipinski definition) is 0. The van der Waals surface area contributed by atoms with E-state index in [-0.39, 0.29) is 25.5 Å². The summed E-state index contributed by atoms with van der Waals surface area (Å²) in [5.74, 6) is 0. The Labute approximate surface area is 199 Å². The molecular weight excluding hydrogens is 478 g/mol. The van der Waals surface area contributed by atoms with E-state index in [4.69, 9.17) is 41.8 Å². The van der Waals surface area contributed by atoms with E-state index in [0.29, 0.717) is 79.3 Å². The molecule has 0 rings (SSSR count). The van der Waals surface area contributed by atoms with E-state index in [1.165, 1.54) is 0 Å². The van der Waals surface area contributed by atoms with E-state index in [9.17, 15) is 9.13 Å². The van der Waals surface area contributed by atoms with Gasteiger partial charge in [0.05, 0.1) is 105 Å². The Balaban J connectivity index is 3.42. The first-order valence-corrected chi connectivity index (χ1v) is 15.1. The van der Waals surface area contributed by atoms with Crippen molar-refractivity contribution in [1.29, 1.82) is 0 Å². The maximum atomic E-state index is 12.2. The lowest BCUT2D eigenvalue weighted by Gasteiger charge is -2.16. The minimum Gasteiger partial charge on any atom is -0.378 e. The quantitative estimate of drug-likeness (QED) is 0.122. The van der Waals surface area contributed by atoms with E-state index < -0.39 is 15.2 Å². The van der Waals surface area contributed by atoms with Crippen LogP contribution in [0.15, 0.2) is 0 Å². The molecular formula is C20H44O11P2. The Hall–Kier alpha value is 0.1000. The van der Waals surface area contributed by atoms with Crippen LogP contribution in [0.25, 0.3) is 0 Å². The Morgan fingerprint density at radius 1 is 0.394 bits per heavy atom. The molecule has 0 heterocycles. The lowest BCUT2D eigenvalue weighted by Crippen LogP contribution is -2.14. The maximum Gasteiger partial charge on any atom is 0.332 e. The van der Waals surface area contributed by atoms with Gasteiger partial charge in [0.15, 0.2) is 0 Å². The monoisotopic (exact) mass is 522 g/mol. The fourth-order valence-corrected chi connectivity index (χ4v) is 5.40. The third kappa shape index (κ3) is 20.0. The van der Waals surface area contributed by atoms with Crippen molar-refractivity contribution in [2.24, 2.45) is 0 Å². The average Bonchev–Trinajstić information content (AvgIpc) is 2.76. The van der Waals surface area contributed by atoms with E-state index in [0.717, 1.165) is 0 Å². The smallest absolute Gasteiger partial charge is 0.332 e. The van der Waals surface area contributed by atoms with Gasteiger partial charge in [-0.2, -0.15) is 0 Å². The van der Waals surface area contributed by atoms with Crippen molar-refractivity contribution in [3.8, 4) is 0 Å². The SMILES string of the molecule is CCOP(=O)(CCOCCOCCOCCOCCOCCP(=O)(OCC)OCC)OCC. The molecule has 0 aromatic carbocycles. The average molecular weight is 523 g/mol. The van der Waals surface area contributed by atoms with Crippen molar-refractivity contribution in [2.45, 2.75) is 27.7 Å². The van der Waals surface area contributed by atoms with Crippen LogP contribution in [0.1, 0.15) is 27.7 Å². The van der Waals surface area contributed by atoms with Crippen molar-refractivity contribution in [2.75, 3.05) is 105 Å². The summed E-state index contributed by atoms with van der Waals surface area (Å²) in [4.78, 5) is 0.